The summed E-state index contributed by atoms with van der Waals surface area (Å²) in [5, 5.41) is 6.64. The third-order valence-electron chi connectivity index (χ3n) is 3.11. The van der Waals surface area contributed by atoms with Crippen molar-refractivity contribution in [3.63, 3.8) is 0 Å². The molecule has 0 atom stereocenters. The van der Waals surface area contributed by atoms with Gasteiger partial charge in [0.1, 0.15) is 0 Å². The molecule has 0 aliphatic rings. The lowest BCUT2D eigenvalue weighted by molar-refractivity contribution is 0.143. The Hall–Kier alpha value is -0.850. The summed E-state index contributed by atoms with van der Waals surface area (Å²) >= 11 is 0. The van der Waals surface area contributed by atoms with E-state index in [0.29, 0.717) is 0 Å². The largest absolute Gasteiger partial charge is 0.385 e. The minimum absolute atomic E-state index is 0.800. The van der Waals surface area contributed by atoms with E-state index in [1.54, 1.807) is 14.2 Å². The maximum Gasteiger partial charge on any atom is 0.191 e. The summed E-state index contributed by atoms with van der Waals surface area (Å²) in [6.45, 7) is 8.36. The number of nitrogens with one attached hydrogen (secondary N) is 2. The van der Waals surface area contributed by atoms with E-state index in [0.717, 1.165) is 71.2 Å². The zero-order valence-electron chi connectivity index (χ0n) is 14.3. The minimum atomic E-state index is 0.800. The summed E-state index contributed by atoms with van der Waals surface area (Å²) in [4.78, 5) is 6.51. The molecule has 126 valence electrons. The second-order valence-electron chi connectivity index (χ2n) is 4.98. The van der Waals surface area contributed by atoms with Gasteiger partial charge in [-0.2, -0.15) is 0 Å². The first-order chi connectivity index (χ1) is 10.2. The van der Waals surface area contributed by atoms with Crippen molar-refractivity contribution in [1.29, 1.82) is 0 Å². The fraction of sp³-hybridized carbons (Fsp3) is 0.933. The minimum Gasteiger partial charge on any atom is -0.385 e. The second kappa shape index (κ2) is 15.5. The maximum absolute atomic E-state index is 5.31. The molecule has 0 saturated heterocycles. The van der Waals surface area contributed by atoms with Crippen LogP contribution in [-0.4, -0.2) is 78.1 Å². The quantitative estimate of drug-likeness (QED) is 0.301. The summed E-state index contributed by atoms with van der Waals surface area (Å²) in [6, 6.07) is 0. The van der Waals surface area contributed by atoms with Gasteiger partial charge in [0.15, 0.2) is 5.96 Å². The summed E-state index contributed by atoms with van der Waals surface area (Å²) in [7, 11) is 5.67. The Labute approximate surface area is 130 Å². The van der Waals surface area contributed by atoms with Crippen LogP contribution < -0.4 is 10.6 Å². The number of unbranched alkanes of at least 4 members (excludes halogenated alkanes) is 1. The van der Waals surface area contributed by atoms with Crippen molar-refractivity contribution in [2.24, 2.45) is 4.99 Å². The lowest BCUT2D eigenvalue weighted by atomic mass is 10.3. The van der Waals surface area contributed by atoms with Gasteiger partial charge >= 0.3 is 0 Å². The molecule has 0 rings (SSSR count). The van der Waals surface area contributed by atoms with Crippen LogP contribution >= 0.6 is 0 Å². The fourth-order valence-corrected chi connectivity index (χ4v) is 1.86. The van der Waals surface area contributed by atoms with Gasteiger partial charge in [-0.3, -0.25) is 4.99 Å². The third kappa shape index (κ3) is 13.9. The average molecular weight is 302 g/mol. The molecule has 0 radical (unpaired) electrons. The van der Waals surface area contributed by atoms with E-state index in [4.69, 9.17) is 9.47 Å². The van der Waals surface area contributed by atoms with Gasteiger partial charge in [0.05, 0.1) is 0 Å². The Kier molecular flexibility index (Phi) is 14.9. The van der Waals surface area contributed by atoms with Crippen LogP contribution in [0.3, 0.4) is 0 Å². The second-order valence-corrected chi connectivity index (χ2v) is 4.98. The molecule has 0 aromatic heterocycles. The van der Waals surface area contributed by atoms with E-state index in [1.807, 2.05) is 6.92 Å². The van der Waals surface area contributed by atoms with Gasteiger partial charge in [0.25, 0.3) is 0 Å². The Morgan fingerprint density at radius 2 is 1.81 bits per heavy atom. The van der Waals surface area contributed by atoms with Crippen molar-refractivity contribution in [3.8, 4) is 0 Å². The molecule has 0 fully saturated rings. The Morgan fingerprint density at radius 3 is 2.48 bits per heavy atom. The van der Waals surface area contributed by atoms with Crippen LogP contribution in [0, 0.1) is 0 Å². The van der Waals surface area contributed by atoms with Crippen LogP contribution in [0.5, 0.6) is 0 Å². The third-order valence-corrected chi connectivity index (χ3v) is 3.11. The van der Waals surface area contributed by atoms with Crippen molar-refractivity contribution in [2.75, 3.05) is 67.2 Å². The van der Waals surface area contributed by atoms with Crippen molar-refractivity contribution >= 4 is 5.96 Å². The van der Waals surface area contributed by atoms with Crippen molar-refractivity contribution in [1.82, 2.24) is 15.5 Å². The highest BCUT2D eigenvalue weighted by molar-refractivity contribution is 5.79. The standard InChI is InChI=1S/C15H34N4O2/c1-5-21-14-7-6-9-17-15(16-2)18-10-12-19(3)11-8-13-20-4/h5-14H2,1-4H3,(H2,16,17,18). The normalized spacial score (nSPS) is 12.0. The van der Waals surface area contributed by atoms with E-state index in [9.17, 15) is 0 Å². The number of nitrogens with zero attached hydrogens (tertiary/aromatic N) is 2. The Morgan fingerprint density at radius 1 is 1.05 bits per heavy atom. The van der Waals surface area contributed by atoms with Crippen LogP contribution in [0.2, 0.25) is 0 Å². The van der Waals surface area contributed by atoms with Crippen LogP contribution in [0.1, 0.15) is 26.2 Å². The molecule has 2 N–H and O–H groups in total. The first kappa shape index (κ1) is 20.1. The summed E-state index contributed by atoms with van der Waals surface area (Å²) in [6.07, 6.45) is 3.25. The van der Waals surface area contributed by atoms with Crippen LogP contribution in [0.15, 0.2) is 4.99 Å². The van der Waals surface area contributed by atoms with Crippen molar-refractivity contribution in [3.05, 3.63) is 0 Å². The van der Waals surface area contributed by atoms with E-state index >= 15 is 0 Å². The fourth-order valence-electron chi connectivity index (χ4n) is 1.86. The van der Waals surface area contributed by atoms with Crippen LogP contribution in [-0.2, 0) is 9.47 Å². The van der Waals surface area contributed by atoms with Crippen LogP contribution in [0.25, 0.3) is 0 Å². The molecule has 6 nitrogen and oxygen atoms in total. The number of likely N-dealkylation sites (N-methyl/N-ethyl adjacent to an activating group) is 1. The number of hydrogen-bond donors (Lipinski definition) is 2. The lowest BCUT2D eigenvalue weighted by Crippen LogP contribution is -2.41. The van der Waals surface area contributed by atoms with Gasteiger partial charge < -0.3 is 25.0 Å². The molecule has 0 aromatic rings. The molecular weight excluding hydrogens is 268 g/mol. The average Bonchev–Trinajstić information content (AvgIpc) is 2.49. The predicted octanol–water partition coefficient (Wildman–Crippen LogP) is 0.936. The van der Waals surface area contributed by atoms with E-state index in [-0.39, 0.29) is 0 Å². The maximum atomic E-state index is 5.31. The molecule has 0 heterocycles. The molecule has 0 spiro atoms. The molecule has 0 saturated carbocycles. The molecule has 21 heavy (non-hydrogen) atoms. The zero-order chi connectivity index (χ0) is 15.8. The van der Waals surface area contributed by atoms with E-state index in [1.165, 1.54) is 0 Å². The first-order valence-corrected chi connectivity index (χ1v) is 7.94. The summed E-state index contributed by atoms with van der Waals surface area (Å²) in [5.74, 6) is 0.872. The molecule has 6 heteroatoms. The lowest BCUT2D eigenvalue weighted by Gasteiger charge is -2.18. The Balaban J connectivity index is 3.53. The van der Waals surface area contributed by atoms with Crippen LogP contribution in [0.4, 0.5) is 0 Å². The highest BCUT2D eigenvalue weighted by Gasteiger charge is 2.00. The molecule has 0 aliphatic heterocycles. The first-order valence-electron chi connectivity index (χ1n) is 7.94. The highest BCUT2D eigenvalue weighted by Crippen LogP contribution is 1.89. The molecular formula is C15H34N4O2. The highest BCUT2D eigenvalue weighted by atomic mass is 16.5. The number of hydrogen-bond acceptors (Lipinski definition) is 4. The van der Waals surface area contributed by atoms with Gasteiger partial charge in [0, 0.05) is 60.2 Å². The van der Waals surface area contributed by atoms with Gasteiger partial charge in [0.2, 0.25) is 0 Å². The number of guanidine groups is 1. The summed E-state index contributed by atoms with van der Waals surface area (Å²) in [5.41, 5.74) is 0. The monoisotopic (exact) mass is 302 g/mol. The SMILES string of the molecule is CCOCCCCNC(=NC)NCCN(C)CCCOC. The molecule has 0 bridgehead atoms. The number of methoxy groups -OCH3 is 1. The van der Waals surface area contributed by atoms with Crippen molar-refractivity contribution < 1.29 is 9.47 Å². The van der Waals surface area contributed by atoms with E-state index in [2.05, 4.69) is 27.6 Å². The molecule has 0 aromatic carbocycles. The number of ether oxygens (including phenoxy) is 2. The number of aliphatic imine (C=N–C) groups is 1. The zero-order valence-corrected chi connectivity index (χ0v) is 14.3. The van der Waals surface area contributed by atoms with Gasteiger partial charge in [-0.1, -0.05) is 0 Å². The summed E-state index contributed by atoms with van der Waals surface area (Å²) < 4.78 is 10.4. The molecule has 0 unspecified atom stereocenters. The number of rotatable bonds is 13. The molecule has 0 aliphatic carbocycles. The van der Waals surface area contributed by atoms with Gasteiger partial charge in [-0.25, -0.2) is 0 Å². The smallest absolute Gasteiger partial charge is 0.191 e. The van der Waals surface area contributed by atoms with Gasteiger partial charge in [-0.15, -0.1) is 0 Å². The Bertz CT molecular complexity index is 250. The molecule has 0 amide bonds. The van der Waals surface area contributed by atoms with Crippen molar-refractivity contribution in [2.45, 2.75) is 26.2 Å². The topological polar surface area (TPSA) is 58.1 Å². The van der Waals surface area contributed by atoms with Gasteiger partial charge in [-0.05, 0) is 33.2 Å². The predicted molar refractivity (Wildman–Crippen MR) is 89.1 cm³/mol. The van der Waals surface area contributed by atoms with E-state index < -0.39 is 0 Å².